The van der Waals surface area contributed by atoms with E-state index in [0.29, 0.717) is 19.6 Å². The lowest BCUT2D eigenvalue weighted by molar-refractivity contribution is -0.123. The second-order valence-electron chi connectivity index (χ2n) is 8.48. The zero-order valence-corrected chi connectivity index (χ0v) is 20.1. The van der Waals surface area contributed by atoms with Gasteiger partial charge in [0.1, 0.15) is 6.29 Å². The van der Waals surface area contributed by atoms with Gasteiger partial charge in [-0.05, 0) is 59.2 Å². The normalized spacial score (nSPS) is 10.9. The highest BCUT2D eigenvalue weighted by molar-refractivity contribution is 5.89. The molecule has 0 saturated heterocycles. The third kappa shape index (κ3) is 17.0. The molecule has 0 bridgehead atoms. The predicted octanol–water partition coefficient (Wildman–Crippen LogP) is 4.32. The average molecular weight is 409 g/mol. The molecule has 29 heavy (non-hydrogen) atoms. The summed E-state index contributed by atoms with van der Waals surface area (Å²) >= 11 is 0. The van der Waals surface area contributed by atoms with Gasteiger partial charge in [0.25, 0.3) is 0 Å². The van der Waals surface area contributed by atoms with E-state index >= 15 is 0 Å². The Hall–Kier alpha value is -1.56. The molecule has 0 saturated carbocycles. The lowest BCUT2D eigenvalue weighted by Gasteiger charge is -2.26. The summed E-state index contributed by atoms with van der Waals surface area (Å²) in [4.78, 5) is 20.8. The summed E-state index contributed by atoms with van der Waals surface area (Å²) in [5.41, 5.74) is 2.23. The summed E-state index contributed by atoms with van der Waals surface area (Å²) in [6.45, 7) is 15.1. The lowest BCUT2D eigenvalue weighted by Crippen LogP contribution is -2.51. The van der Waals surface area contributed by atoms with E-state index in [4.69, 9.17) is 4.74 Å². The maximum absolute atomic E-state index is 11.6. The molecular formula is C24H44N2O3. The summed E-state index contributed by atoms with van der Waals surface area (Å²) in [5.74, 6) is 0.185. The van der Waals surface area contributed by atoms with Crippen molar-refractivity contribution < 1.29 is 14.3 Å². The molecule has 0 aliphatic rings. The van der Waals surface area contributed by atoms with Gasteiger partial charge in [-0.25, -0.2) is 0 Å². The van der Waals surface area contributed by atoms with Crippen LogP contribution in [0.4, 0.5) is 0 Å². The van der Waals surface area contributed by atoms with Crippen molar-refractivity contribution in [1.29, 1.82) is 0 Å². The fraction of sp³-hybridized carbons (Fsp3) is 0.667. The van der Waals surface area contributed by atoms with Crippen molar-refractivity contribution in [2.45, 2.75) is 85.4 Å². The van der Waals surface area contributed by atoms with Crippen LogP contribution in [-0.2, 0) is 27.4 Å². The van der Waals surface area contributed by atoms with E-state index in [2.05, 4.69) is 41.8 Å². The van der Waals surface area contributed by atoms with Gasteiger partial charge in [-0.1, -0.05) is 44.5 Å². The molecule has 0 amide bonds. The number of ether oxygens (including phenoxy) is 1. The van der Waals surface area contributed by atoms with Crippen LogP contribution in [0.5, 0.6) is 0 Å². The number of nitrogens with one attached hydrogen (secondary N) is 2. The number of methoxy groups -OCH3 is 1. The smallest absolute Gasteiger partial charge is 0.165 e. The van der Waals surface area contributed by atoms with Gasteiger partial charge in [0, 0.05) is 19.1 Å². The zero-order chi connectivity index (χ0) is 22.9. The van der Waals surface area contributed by atoms with Gasteiger partial charge >= 0.3 is 0 Å². The first-order valence-electron chi connectivity index (χ1n) is 10.4. The van der Waals surface area contributed by atoms with Gasteiger partial charge in [0.05, 0.1) is 18.7 Å². The molecule has 0 unspecified atom stereocenters. The minimum absolute atomic E-state index is 0.000514. The summed E-state index contributed by atoms with van der Waals surface area (Å²) in [6.07, 6.45) is 3.90. The number of rotatable bonds is 9. The van der Waals surface area contributed by atoms with Crippen LogP contribution in [0.1, 0.15) is 72.4 Å². The minimum atomic E-state index is -0.432. The van der Waals surface area contributed by atoms with Crippen molar-refractivity contribution in [1.82, 2.24) is 10.6 Å². The number of hydrogen-bond donors (Lipinski definition) is 2. The summed E-state index contributed by atoms with van der Waals surface area (Å²) in [5, 5.41) is 6.16. The van der Waals surface area contributed by atoms with Gasteiger partial charge in [-0.2, -0.15) is 0 Å². The summed E-state index contributed by atoms with van der Waals surface area (Å²) in [7, 11) is 3.52. The minimum Gasteiger partial charge on any atom is -0.380 e. The molecule has 5 nitrogen and oxygen atoms in total. The molecule has 1 aromatic carbocycles. The maximum atomic E-state index is 11.6. The van der Waals surface area contributed by atoms with Crippen LogP contribution in [0.2, 0.25) is 0 Å². The number of hydrogen-bond acceptors (Lipinski definition) is 5. The summed E-state index contributed by atoms with van der Waals surface area (Å²) in [6, 6.07) is 8.62. The van der Waals surface area contributed by atoms with Crippen molar-refractivity contribution in [3.8, 4) is 0 Å². The largest absolute Gasteiger partial charge is 0.380 e. The van der Waals surface area contributed by atoms with Crippen LogP contribution in [0.3, 0.4) is 0 Å². The highest BCUT2D eigenvalue weighted by atomic mass is 16.5. The highest BCUT2D eigenvalue weighted by Crippen LogP contribution is 2.07. The molecule has 0 fully saturated rings. The van der Waals surface area contributed by atoms with E-state index in [1.165, 1.54) is 24.0 Å². The van der Waals surface area contributed by atoms with Gasteiger partial charge in [-0.3, -0.25) is 4.79 Å². The Balaban J connectivity index is 0. The fourth-order valence-electron chi connectivity index (χ4n) is 1.96. The van der Waals surface area contributed by atoms with E-state index in [0.717, 1.165) is 6.29 Å². The van der Waals surface area contributed by atoms with Gasteiger partial charge in [-0.15, -0.1) is 0 Å². The predicted molar refractivity (Wildman–Crippen MR) is 123 cm³/mol. The standard InChI is InChI=1S/C11H16O.C10H22N2O.C3H6O/c1-3-4-10-5-7-11(8-6-10)9-12-2;1-9(2,3)12-7-8(13)10(4,5)11-6;1-2-3-4/h5-8H,3-4,9H2,1-2H3;11-12H,7H2,1-6H3;3H,2H2,1H3. The van der Waals surface area contributed by atoms with Crippen molar-refractivity contribution >= 4 is 12.1 Å². The summed E-state index contributed by atoms with van der Waals surface area (Å²) < 4.78 is 5.03. The molecule has 2 N–H and O–H groups in total. The highest BCUT2D eigenvalue weighted by Gasteiger charge is 2.25. The molecule has 0 heterocycles. The Morgan fingerprint density at radius 1 is 1.03 bits per heavy atom. The van der Waals surface area contributed by atoms with Crippen LogP contribution in [0.25, 0.3) is 0 Å². The number of aldehydes is 1. The number of likely N-dealkylation sites (N-methyl/N-ethyl adjacent to an activating group) is 1. The van der Waals surface area contributed by atoms with Crippen molar-refractivity contribution in [2.75, 3.05) is 20.7 Å². The number of carbonyl (C=O) groups excluding carboxylic acids is 2. The number of aryl methyl sites for hydroxylation is 1. The molecule has 168 valence electrons. The van der Waals surface area contributed by atoms with Crippen LogP contribution >= 0.6 is 0 Å². The van der Waals surface area contributed by atoms with Gasteiger partial charge in [0.15, 0.2) is 5.78 Å². The third-order valence-electron chi connectivity index (χ3n) is 4.14. The molecule has 0 aromatic heterocycles. The number of ketones is 1. The average Bonchev–Trinajstić information content (AvgIpc) is 2.68. The first kappa shape index (κ1) is 29.6. The van der Waals surface area contributed by atoms with Crippen molar-refractivity contribution in [2.24, 2.45) is 0 Å². The number of Topliss-reactive ketones (excluding diaryl/α,β-unsaturated/α-hetero) is 1. The molecule has 5 heteroatoms. The molecule has 0 aliphatic heterocycles. The Morgan fingerprint density at radius 3 is 1.86 bits per heavy atom. The Morgan fingerprint density at radius 2 is 1.52 bits per heavy atom. The third-order valence-corrected chi connectivity index (χ3v) is 4.14. The molecule has 0 aliphatic carbocycles. The van der Waals surface area contributed by atoms with E-state index in [1.54, 1.807) is 14.2 Å². The quantitative estimate of drug-likeness (QED) is 0.596. The lowest BCUT2D eigenvalue weighted by atomic mass is 9.98. The monoisotopic (exact) mass is 408 g/mol. The second kappa shape index (κ2) is 16.3. The van der Waals surface area contributed by atoms with Crippen LogP contribution in [0.15, 0.2) is 24.3 Å². The zero-order valence-electron chi connectivity index (χ0n) is 20.1. The first-order valence-corrected chi connectivity index (χ1v) is 10.4. The van der Waals surface area contributed by atoms with Crippen LogP contribution in [-0.4, -0.2) is 43.8 Å². The second-order valence-corrected chi connectivity index (χ2v) is 8.48. The molecular weight excluding hydrogens is 364 g/mol. The maximum Gasteiger partial charge on any atom is 0.165 e. The Labute approximate surface area is 179 Å². The molecule has 0 spiro atoms. The van der Waals surface area contributed by atoms with Gasteiger partial charge in [0.2, 0.25) is 0 Å². The van der Waals surface area contributed by atoms with E-state index in [1.807, 2.05) is 41.5 Å². The Kier molecular flexibility index (Phi) is 16.6. The van der Waals surface area contributed by atoms with Crippen LogP contribution in [0, 0.1) is 0 Å². The topological polar surface area (TPSA) is 67.4 Å². The number of benzene rings is 1. The SMILES string of the molecule is CCC=O.CCCc1ccc(COC)cc1.CNC(C)(C)C(=O)CNC(C)(C)C. The Bertz CT molecular complexity index is 521. The van der Waals surface area contributed by atoms with Crippen LogP contribution < -0.4 is 10.6 Å². The van der Waals surface area contributed by atoms with Crippen molar-refractivity contribution in [3.63, 3.8) is 0 Å². The molecule has 0 atom stereocenters. The molecule has 1 rings (SSSR count). The van der Waals surface area contributed by atoms with E-state index < -0.39 is 5.54 Å². The number of carbonyl (C=O) groups is 2. The fourth-order valence-corrected chi connectivity index (χ4v) is 1.96. The van der Waals surface area contributed by atoms with E-state index in [9.17, 15) is 9.59 Å². The van der Waals surface area contributed by atoms with E-state index in [-0.39, 0.29) is 11.3 Å². The van der Waals surface area contributed by atoms with Crippen molar-refractivity contribution in [3.05, 3.63) is 35.4 Å². The van der Waals surface area contributed by atoms with Gasteiger partial charge < -0.3 is 20.2 Å². The molecule has 0 radical (unpaired) electrons. The first-order chi connectivity index (χ1) is 13.5. The molecule has 1 aromatic rings.